The summed E-state index contributed by atoms with van der Waals surface area (Å²) >= 11 is 1.30. The fraction of sp³-hybridized carbons (Fsp3) is 0. The first kappa shape index (κ1) is 25.1. The maximum Gasteiger partial charge on any atom is -0.0771 e. The molecule has 0 bridgehead atoms. The monoisotopic (exact) mass is 488 g/mol. The average Bonchev–Trinajstić information content (AvgIpc) is 3.60. The largest absolute Gasteiger partial charge is 0.214 e. The minimum Gasteiger partial charge on any atom is -0.214 e. The van der Waals surface area contributed by atoms with E-state index < -0.39 is 0 Å². The number of fused-ring (bicyclic) bond motifs is 3. The fourth-order valence-electron chi connectivity index (χ4n) is 2.91. The molecule has 0 aliphatic heterocycles. The summed E-state index contributed by atoms with van der Waals surface area (Å²) in [5.41, 5.74) is 0. The summed E-state index contributed by atoms with van der Waals surface area (Å²) in [5, 5.41) is 5.39. The summed E-state index contributed by atoms with van der Waals surface area (Å²) in [6.45, 7) is 0. The second kappa shape index (κ2) is 16.5. The van der Waals surface area contributed by atoms with E-state index in [2.05, 4.69) is 70.9 Å². The van der Waals surface area contributed by atoms with E-state index in [1.165, 1.54) is 45.8 Å². The van der Waals surface area contributed by atoms with Crippen molar-refractivity contribution in [3.8, 4) is 0 Å². The minimum atomic E-state index is 1.30. The van der Waals surface area contributed by atoms with Crippen molar-refractivity contribution in [3.63, 3.8) is 0 Å². The number of hydrogen-bond donors (Lipinski definition) is 0. The van der Waals surface area contributed by atoms with E-state index in [1.54, 1.807) is 0 Å². The van der Waals surface area contributed by atoms with Gasteiger partial charge in [0.25, 0.3) is 0 Å². The van der Waals surface area contributed by atoms with E-state index in [1.807, 2.05) is 91.0 Å². The topological polar surface area (TPSA) is 0 Å². The first-order valence-corrected chi connectivity index (χ1v) is 12.1. The van der Waals surface area contributed by atoms with Gasteiger partial charge in [-0.2, -0.15) is 91.0 Å². The van der Waals surface area contributed by atoms with E-state index in [0.717, 1.165) is 0 Å². The normalized spacial score (nSPS) is 8.84. The van der Waals surface area contributed by atoms with Crippen molar-refractivity contribution in [2.24, 2.45) is 0 Å². The third-order valence-electron chi connectivity index (χ3n) is 4.29. The SMILES string of the molecule is [CH2]=[Zr].[c-]1ccccc1.[c-]1ccccc1.c1cc[cH-]c1.c1ccc2c(c1)[cH-]c1ccccc12. The molecule has 0 amide bonds. The van der Waals surface area contributed by atoms with Gasteiger partial charge in [-0.3, -0.25) is 0 Å². The Hall–Kier alpha value is -3.15. The zero-order valence-electron chi connectivity index (χ0n) is 18.1. The van der Waals surface area contributed by atoms with Gasteiger partial charge in [0.1, 0.15) is 0 Å². The fourth-order valence-corrected chi connectivity index (χ4v) is 2.91. The van der Waals surface area contributed by atoms with Gasteiger partial charge in [-0.25, -0.2) is 12.1 Å². The predicted octanol–water partition coefficient (Wildman–Crippen LogP) is 8.06. The van der Waals surface area contributed by atoms with Crippen LogP contribution in [0.4, 0.5) is 0 Å². The molecule has 6 rings (SSSR count). The van der Waals surface area contributed by atoms with Gasteiger partial charge in [0, 0.05) is 0 Å². The second-order valence-corrected chi connectivity index (χ2v) is 6.44. The molecule has 0 aliphatic rings. The molecule has 0 radical (unpaired) electrons. The van der Waals surface area contributed by atoms with Gasteiger partial charge in [0.15, 0.2) is 0 Å². The molecule has 0 aliphatic carbocycles. The third-order valence-corrected chi connectivity index (χ3v) is 4.29. The minimum absolute atomic E-state index is 1.30. The number of rotatable bonds is 0. The molecule has 0 heterocycles. The zero-order valence-corrected chi connectivity index (χ0v) is 20.5. The first-order chi connectivity index (χ1) is 15.9. The van der Waals surface area contributed by atoms with E-state index in [4.69, 9.17) is 0 Å². The van der Waals surface area contributed by atoms with Gasteiger partial charge in [-0.05, 0) is 0 Å². The van der Waals surface area contributed by atoms with Crippen LogP contribution in [0.1, 0.15) is 0 Å². The average molecular weight is 490 g/mol. The maximum absolute atomic E-state index is 3.34. The van der Waals surface area contributed by atoms with E-state index in [-0.39, 0.29) is 0 Å². The summed E-state index contributed by atoms with van der Waals surface area (Å²) in [4.78, 5) is 0. The van der Waals surface area contributed by atoms with Crippen LogP contribution in [0, 0.1) is 12.1 Å². The van der Waals surface area contributed by atoms with Crippen molar-refractivity contribution < 1.29 is 24.2 Å². The molecule has 0 fully saturated rings. The molecular weight excluding hydrogens is 464 g/mol. The second-order valence-electron chi connectivity index (χ2n) is 6.44. The Kier molecular flexibility index (Phi) is 13.0. The van der Waals surface area contributed by atoms with Crippen molar-refractivity contribution in [2.45, 2.75) is 0 Å². The Morgan fingerprint density at radius 1 is 0.500 bits per heavy atom. The van der Waals surface area contributed by atoms with Crippen LogP contribution in [0.25, 0.3) is 21.5 Å². The van der Waals surface area contributed by atoms with Crippen LogP contribution in [0.15, 0.2) is 146 Å². The van der Waals surface area contributed by atoms with Crippen LogP contribution < -0.4 is 0 Å². The predicted molar refractivity (Wildman–Crippen MR) is 137 cm³/mol. The van der Waals surface area contributed by atoms with E-state index >= 15 is 0 Å². The Labute approximate surface area is 206 Å². The molecule has 0 nitrogen and oxygen atoms in total. The molecule has 32 heavy (non-hydrogen) atoms. The van der Waals surface area contributed by atoms with Gasteiger partial charge in [-0.1, -0.05) is 36.4 Å². The van der Waals surface area contributed by atoms with Gasteiger partial charge in [0.05, 0.1) is 0 Å². The molecule has 0 aromatic heterocycles. The van der Waals surface area contributed by atoms with Gasteiger partial charge in [-0.15, -0.1) is 39.7 Å². The van der Waals surface area contributed by atoms with Crippen LogP contribution in [-0.4, -0.2) is 4.21 Å². The van der Waals surface area contributed by atoms with Crippen molar-refractivity contribution in [1.29, 1.82) is 0 Å². The van der Waals surface area contributed by atoms with Crippen LogP contribution in [0.3, 0.4) is 0 Å². The van der Waals surface area contributed by atoms with Gasteiger partial charge < -0.3 is 0 Å². The smallest absolute Gasteiger partial charge is 0.0771 e. The Morgan fingerprint density at radius 2 is 0.906 bits per heavy atom. The van der Waals surface area contributed by atoms with Crippen LogP contribution in [0.5, 0.6) is 0 Å². The molecule has 6 aromatic rings. The molecule has 158 valence electrons. The van der Waals surface area contributed by atoms with E-state index in [9.17, 15) is 0 Å². The summed E-state index contributed by atoms with van der Waals surface area (Å²) in [5.74, 6) is 0. The summed E-state index contributed by atoms with van der Waals surface area (Å²) < 4.78 is 3.34. The molecule has 0 saturated carbocycles. The molecule has 0 atom stereocenters. The molecule has 0 spiro atoms. The van der Waals surface area contributed by atoms with Crippen LogP contribution in [-0.2, 0) is 24.2 Å². The number of hydrogen-bond acceptors (Lipinski definition) is 0. The van der Waals surface area contributed by atoms with Gasteiger partial charge in [0.2, 0.25) is 0 Å². The molecule has 0 unspecified atom stereocenters. The quantitative estimate of drug-likeness (QED) is 0.189. The molecule has 6 aromatic carbocycles. The molecule has 0 saturated heterocycles. The summed E-state index contributed by atoms with van der Waals surface area (Å²) in [7, 11) is 0. The van der Waals surface area contributed by atoms with Crippen molar-refractivity contribution in [2.75, 3.05) is 0 Å². The number of benzene rings is 4. The molecule has 0 N–H and O–H groups in total. The molecule has 1 heteroatoms. The Bertz CT molecular complexity index is 1030. The zero-order chi connectivity index (χ0) is 22.7. The Balaban J connectivity index is 0.000000162. The van der Waals surface area contributed by atoms with Crippen molar-refractivity contribution in [3.05, 3.63) is 158 Å². The van der Waals surface area contributed by atoms with Gasteiger partial charge >= 0.3 is 28.4 Å². The summed E-state index contributed by atoms with van der Waals surface area (Å²) in [6, 6.07) is 54.3. The third kappa shape index (κ3) is 9.33. The molecular formula is C31H26Zr-4. The first-order valence-electron chi connectivity index (χ1n) is 10.3. The maximum atomic E-state index is 3.34. The van der Waals surface area contributed by atoms with Crippen molar-refractivity contribution in [1.82, 2.24) is 0 Å². The standard InChI is InChI=1S/C13H9.2C6H5.C5H5.CH2.Zr/c1-3-7-12-10(5-1)9-11-6-2-4-8-13(11)12;2*1-2-4-6-5-3-1;1-2-4-5-3-1;;/h1-9H;2*1-5H;1-5H;1H2;/q4*-1;;. The van der Waals surface area contributed by atoms with Crippen molar-refractivity contribution >= 4 is 25.8 Å². The Morgan fingerprint density at radius 3 is 1.19 bits per heavy atom. The van der Waals surface area contributed by atoms with Crippen LogP contribution >= 0.6 is 0 Å². The van der Waals surface area contributed by atoms with Crippen LogP contribution in [0.2, 0.25) is 0 Å². The summed E-state index contributed by atoms with van der Waals surface area (Å²) in [6.07, 6.45) is 0. The van der Waals surface area contributed by atoms with E-state index in [0.29, 0.717) is 0 Å².